The van der Waals surface area contributed by atoms with Crippen molar-refractivity contribution in [3.8, 4) is 5.75 Å². The van der Waals surface area contributed by atoms with Crippen LogP contribution >= 0.6 is 0 Å². The topological polar surface area (TPSA) is 107 Å². The molecular formula is C29H35N7O2. The minimum atomic E-state index is -0.175. The Morgan fingerprint density at radius 1 is 1.13 bits per heavy atom. The van der Waals surface area contributed by atoms with Gasteiger partial charge in [0.15, 0.2) is 0 Å². The molecule has 0 aliphatic carbocycles. The van der Waals surface area contributed by atoms with Crippen molar-refractivity contribution in [2.45, 2.75) is 32.1 Å². The third-order valence-corrected chi connectivity index (χ3v) is 7.06. The number of piperidine rings is 1. The van der Waals surface area contributed by atoms with E-state index in [4.69, 9.17) is 9.72 Å². The van der Waals surface area contributed by atoms with Crippen molar-refractivity contribution < 1.29 is 9.53 Å². The Bertz CT molecular complexity index is 1420. The van der Waals surface area contributed by atoms with E-state index >= 15 is 0 Å². The van der Waals surface area contributed by atoms with Crippen molar-refractivity contribution in [3.63, 3.8) is 0 Å². The number of ether oxygens (including phenoxy) is 1. The molecule has 2 aromatic carbocycles. The first-order chi connectivity index (χ1) is 18.6. The van der Waals surface area contributed by atoms with Crippen LogP contribution in [0.1, 0.15) is 48.0 Å². The van der Waals surface area contributed by atoms with Gasteiger partial charge >= 0.3 is 0 Å². The molecule has 1 fully saturated rings. The van der Waals surface area contributed by atoms with Crippen LogP contribution in [0.4, 0.5) is 23.1 Å². The summed E-state index contributed by atoms with van der Waals surface area (Å²) in [5.74, 6) is 2.08. The van der Waals surface area contributed by atoms with Gasteiger partial charge in [0.1, 0.15) is 17.2 Å². The molecule has 1 aliphatic rings. The zero-order valence-corrected chi connectivity index (χ0v) is 22.2. The van der Waals surface area contributed by atoms with Crippen LogP contribution in [0.2, 0.25) is 0 Å². The van der Waals surface area contributed by atoms with Gasteiger partial charge in [0.2, 0.25) is 5.95 Å². The number of carbonyl (C=O) groups is 1. The van der Waals surface area contributed by atoms with Crippen LogP contribution in [-0.2, 0) is 0 Å². The van der Waals surface area contributed by atoms with E-state index in [0.717, 1.165) is 29.9 Å². The Labute approximate surface area is 223 Å². The van der Waals surface area contributed by atoms with E-state index in [2.05, 4.69) is 49.9 Å². The van der Waals surface area contributed by atoms with E-state index in [0.29, 0.717) is 34.6 Å². The SMILES string of the molecule is CCCN1CCCC(c2ccc(Nc3nc(Nc4ccccc4C(=O)NC)c4cc[nH]c4n3)c(OC)c2)C1. The number of amides is 1. The summed E-state index contributed by atoms with van der Waals surface area (Å²) < 4.78 is 5.78. The van der Waals surface area contributed by atoms with Crippen molar-refractivity contribution in [2.24, 2.45) is 0 Å². The number of rotatable bonds is 9. The molecule has 4 aromatic rings. The lowest BCUT2D eigenvalue weighted by atomic mass is 9.90. The molecule has 0 spiro atoms. The number of carbonyl (C=O) groups excluding carboxylic acids is 1. The first-order valence-electron chi connectivity index (χ1n) is 13.2. The summed E-state index contributed by atoms with van der Waals surface area (Å²) in [6.07, 6.45) is 5.41. The van der Waals surface area contributed by atoms with Gasteiger partial charge in [-0.05, 0) is 74.2 Å². The molecule has 1 saturated heterocycles. The van der Waals surface area contributed by atoms with Crippen molar-refractivity contribution in [3.05, 3.63) is 65.9 Å². The lowest BCUT2D eigenvalue weighted by Gasteiger charge is -2.33. The predicted octanol–water partition coefficient (Wildman–Crippen LogP) is 5.40. The monoisotopic (exact) mass is 513 g/mol. The molecule has 4 N–H and O–H groups in total. The standard InChI is InChI=1S/C29H35N7O2/c1-4-15-36-16-7-8-20(18-36)19-11-12-24(25(17-19)38-3)33-29-34-26-22(13-14-31-26)27(35-29)32-23-10-6-5-9-21(23)28(37)30-2/h5-6,9-14,17,20H,4,7-8,15-16,18H2,1-3H3,(H,30,37)(H3,31,32,33,34,35). The van der Waals surface area contributed by atoms with E-state index in [-0.39, 0.29) is 5.91 Å². The maximum Gasteiger partial charge on any atom is 0.253 e. The summed E-state index contributed by atoms with van der Waals surface area (Å²) in [5.41, 5.74) is 3.95. The Hall–Kier alpha value is -4.11. The third kappa shape index (κ3) is 5.43. The average Bonchev–Trinajstić information content (AvgIpc) is 3.42. The number of fused-ring (bicyclic) bond motifs is 1. The van der Waals surface area contributed by atoms with Crippen LogP contribution in [0.5, 0.6) is 5.75 Å². The number of H-pyrrole nitrogens is 1. The zero-order valence-electron chi connectivity index (χ0n) is 22.2. The quantitative estimate of drug-likeness (QED) is 0.237. The van der Waals surface area contributed by atoms with Crippen LogP contribution in [0.25, 0.3) is 11.0 Å². The molecule has 0 saturated carbocycles. The second-order valence-electron chi connectivity index (χ2n) is 9.61. The van der Waals surface area contributed by atoms with Gasteiger partial charge < -0.3 is 30.6 Å². The van der Waals surface area contributed by atoms with Gasteiger partial charge in [0.25, 0.3) is 5.91 Å². The highest BCUT2D eigenvalue weighted by Crippen LogP contribution is 2.35. The number of hydrogen-bond donors (Lipinski definition) is 4. The van der Waals surface area contributed by atoms with Gasteiger partial charge in [-0.2, -0.15) is 9.97 Å². The number of para-hydroxylation sites is 1. The first-order valence-corrected chi connectivity index (χ1v) is 13.2. The van der Waals surface area contributed by atoms with Gasteiger partial charge in [0.05, 0.1) is 29.4 Å². The number of aromatic amines is 1. The van der Waals surface area contributed by atoms with Crippen LogP contribution in [0, 0.1) is 0 Å². The van der Waals surface area contributed by atoms with Crippen molar-refractivity contribution in [1.29, 1.82) is 0 Å². The zero-order chi connectivity index (χ0) is 26.5. The molecule has 38 heavy (non-hydrogen) atoms. The van der Waals surface area contributed by atoms with Crippen molar-refractivity contribution in [2.75, 3.05) is 44.4 Å². The maximum absolute atomic E-state index is 12.4. The Kier molecular flexibility index (Phi) is 7.74. The van der Waals surface area contributed by atoms with Crippen LogP contribution in [-0.4, -0.2) is 59.6 Å². The second-order valence-corrected chi connectivity index (χ2v) is 9.61. The lowest BCUT2D eigenvalue weighted by molar-refractivity contribution is 0.0964. The normalized spacial score (nSPS) is 15.8. The number of benzene rings is 2. The highest BCUT2D eigenvalue weighted by atomic mass is 16.5. The Balaban J connectivity index is 1.42. The third-order valence-electron chi connectivity index (χ3n) is 7.06. The number of anilines is 4. The molecule has 9 heteroatoms. The van der Waals surface area contributed by atoms with Crippen LogP contribution in [0.3, 0.4) is 0 Å². The fourth-order valence-electron chi connectivity index (χ4n) is 5.18. The van der Waals surface area contributed by atoms with E-state index in [9.17, 15) is 4.79 Å². The number of nitrogens with zero attached hydrogens (tertiary/aromatic N) is 3. The molecule has 0 bridgehead atoms. The summed E-state index contributed by atoms with van der Waals surface area (Å²) in [7, 11) is 3.30. The molecule has 1 amide bonds. The summed E-state index contributed by atoms with van der Waals surface area (Å²) in [6.45, 7) is 5.66. The van der Waals surface area contributed by atoms with Gasteiger partial charge in [-0.25, -0.2) is 0 Å². The van der Waals surface area contributed by atoms with E-state index in [1.807, 2.05) is 36.5 Å². The Morgan fingerprint density at radius 2 is 2.00 bits per heavy atom. The number of likely N-dealkylation sites (tertiary alicyclic amines) is 1. The molecular weight excluding hydrogens is 478 g/mol. The molecule has 3 heterocycles. The summed E-state index contributed by atoms with van der Waals surface area (Å²) in [6, 6.07) is 15.6. The fourth-order valence-corrected chi connectivity index (χ4v) is 5.18. The molecule has 5 rings (SSSR count). The summed E-state index contributed by atoms with van der Waals surface area (Å²) in [4.78, 5) is 27.5. The van der Waals surface area contributed by atoms with E-state index in [1.165, 1.54) is 31.4 Å². The van der Waals surface area contributed by atoms with E-state index in [1.54, 1.807) is 20.2 Å². The minimum absolute atomic E-state index is 0.175. The molecule has 9 nitrogen and oxygen atoms in total. The first kappa shape index (κ1) is 25.5. The van der Waals surface area contributed by atoms with Gasteiger partial charge in [0, 0.05) is 19.8 Å². The second kappa shape index (κ2) is 11.5. The molecule has 2 aromatic heterocycles. The maximum atomic E-state index is 12.4. The molecule has 0 radical (unpaired) electrons. The largest absolute Gasteiger partial charge is 0.495 e. The fraction of sp³-hybridized carbons (Fsp3) is 0.345. The number of hydrogen-bond acceptors (Lipinski definition) is 7. The molecule has 1 unspecified atom stereocenters. The van der Waals surface area contributed by atoms with Crippen LogP contribution in [0.15, 0.2) is 54.7 Å². The smallest absolute Gasteiger partial charge is 0.253 e. The predicted molar refractivity (Wildman–Crippen MR) is 152 cm³/mol. The molecule has 1 aliphatic heterocycles. The van der Waals surface area contributed by atoms with Gasteiger partial charge in [-0.3, -0.25) is 4.79 Å². The highest BCUT2D eigenvalue weighted by molar-refractivity contribution is 6.01. The van der Waals surface area contributed by atoms with Gasteiger partial charge in [-0.1, -0.05) is 25.1 Å². The van der Waals surface area contributed by atoms with Crippen molar-refractivity contribution >= 4 is 40.1 Å². The van der Waals surface area contributed by atoms with E-state index < -0.39 is 0 Å². The number of nitrogens with one attached hydrogen (secondary N) is 4. The molecule has 1 atom stereocenters. The van der Waals surface area contributed by atoms with Crippen molar-refractivity contribution in [1.82, 2.24) is 25.2 Å². The highest BCUT2D eigenvalue weighted by Gasteiger charge is 2.22. The summed E-state index contributed by atoms with van der Waals surface area (Å²) >= 11 is 0. The minimum Gasteiger partial charge on any atom is -0.495 e. The number of aromatic nitrogens is 3. The lowest BCUT2D eigenvalue weighted by Crippen LogP contribution is -2.34. The molecule has 198 valence electrons. The number of methoxy groups -OCH3 is 1. The average molecular weight is 514 g/mol. The Morgan fingerprint density at radius 3 is 2.82 bits per heavy atom. The van der Waals surface area contributed by atoms with Gasteiger partial charge in [-0.15, -0.1) is 0 Å². The summed E-state index contributed by atoms with van der Waals surface area (Å²) in [5, 5.41) is 10.2. The van der Waals surface area contributed by atoms with Crippen LogP contribution < -0.4 is 20.7 Å².